The number of phenolic OH excluding ortho intramolecular Hbond substituents is 2. The second kappa shape index (κ2) is 10.4. The fourth-order valence-electron chi connectivity index (χ4n) is 3.69. The Hall–Kier alpha value is -2.21. The minimum atomic E-state index is -1.55. The van der Waals surface area contributed by atoms with Gasteiger partial charge in [0.1, 0.15) is 18.3 Å². The van der Waals surface area contributed by atoms with Crippen LogP contribution in [0.25, 0.3) is 6.08 Å². The summed E-state index contributed by atoms with van der Waals surface area (Å²) < 4.78 is 16.3. The summed E-state index contributed by atoms with van der Waals surface area (Å²) >= 11 is 0. The molecule has 1 aromatic carbocycles. The van der Waals surface area contributed by atoms with E-state index in [4.69, 9.17) is 14.2 Å². The highest BCUT2D eigenvalue weighted by atomic mass is 16.7. The Labute approximate surface area is 178 Å². The number of phenols is 2. The molecule has 10 heteroatoms. The summed E-state index contributed by atoms with van der Waals surface area (Å²) in [6.07, 6.45) is -3.14. The Balaban J connectivity index is 1.67. The highest BCUT2D eigenvalue weighted by Gasteiger charge is 2.48. The lowest BCUT2D eigenvalue weighted by Crippen LogP contribution is -2.61. The van der Waals surface area contributed by atoms with Gasteiger partial charge in [0.05, 0.1) is 18.8 Å². The van der Waals surface area contributed by atoms with Gasteiger partial charge in [-0.15, -0.1) is 0 Å². The number of aromatic hydroxyl groups is 2. The Morgan fingerprint density at radius 2 is 1.84 bits per heavy atom. The molecule has 10 nitrogen and oxygen atoms in total. The molecule has 172 valence electrons. The quantitative estimate of drug-likeness (QED) is 0.198. The van der Waals surface area contributed by atoms with Gasteiger partial charge in [0, 0.05) is 6.08 Å². The first kappa shape index (κ1) is 23.5. The minimum absolute atomic E-state index is 0.308. The van der Waals surface area contributed by atoms with E-state index in [-0.39, 0.29) is 11.5 Å². The van der Waals surface area contributed by atoms with E-state index in [2.05, 4.69) is 0 Å². The minimum Gasteiger partial charge on any atom is -0.504 e. The monoisotopic (exact) mass is 440 g/mol. The largest absolute Gasteiger partial charge is 0.504 e. The van der Waals surface area contributed by atoms with Crippen molar-refractivity contribution >= 4 is 12.0 Å². The van der Waals surface area contributed by atoms with E-state index in [1.54, 1.807) is 0 Å². The molecule has 0 aromatic heterocycles. The molecule has 1 aliphatic carbocycles. The van der Waals surface area contributed by atoms with Crippen molar-refractivity contribution in [3.8, 4) is 11.5 Å². The van der Waals surface area contributed by atoms with Crippen molar-refractivity contribution in [2.45, 2.75) is 68.6 Å². The van der Waals surface area contributed by atoms with Crippen LogP contribution in [0.5, 0.6) is 11.5 Å². The van der Waals surface area contributed by atoms with Crippen LogP contribution in [-0.4, -0.2) is 86.1 Å². The van der Waals surface area contributed by atoms with E-state index >= 15 is 0 Å². The van der Waals surface area contributed by atoms with Gasteiger partial charge in [-0.25, -0.2) is 4.79 Å². The van der Waals surface area contributed by atoms with Crippen molar-refractivity contribution < 1.29 is 49.6 Å². The van der Waals surface area contributed by atoms with E-state index in [1.807, 2.05) is 0 Å². The van der Waals surface area contributed by atoms with Crippen molar-refractivity contribution in [1.29, 1.82) is 0 Å². The predicted octanol–water partition coefficient (Wildman–Crippen LogP) is -0.218. The van der Waals surface area contributed by atoms with Crippen LogP contribution >= 0.6 is 0 Å². The fourth-order valence-corrected chi connectivity index (χ4v) is 3.69. The van der Waals surface area contributed by atoms with Crippen LogP contribution in [-0.2, 0) is 19.0 Å². The summed E-state index contributed by atoms with van der Waals surface area (Å²) in [5.74, 6) is -1.57. The smallest absolute Gasteiger partial charge is 0.331 e. The molecular formula is C21H28O10. The number of hydrogen-bond donors (Lipinski definition) is 6. The molecule has 1 heterocycles. The van der Waals surface area contributed by atoms with Crippen LogP contribution in [0.2, 0.25) is 0 Å². The van der Waals surface area contributed by atoms with Crippen LogP contribution in [0, 0.1) is 0 Å². The average molecular weight is 440 g/mol. The second-order valence-electron chi connectivity index (χ2n) is 7.72. The molecule has 1 aliphatic heterocycles. The number of benzene rings is 1. The Morgan fingerprint density at radius 1 is 1.10 bits per heavy atom. The highest BCUT2D eigenvalue weighted by molar-refractivity contribution is 5.87. The lowest BCUT2D eigenvalue weighted by molar-refractivity contribution is -0.319. The molecule has 1 saturated carbocycles. The van der Waals surface area contributed by atoms with Crippen molar-refractivity contribution in [1.82, 2.24) is 0 Å². The molecule has 1 aromatic rings. The van der Waals surface area contributed by atoms with Gasteiger partial charge in [-0.3, -0.25) is 0 Å². The maximum absolute atomic E-state index is 12.2. The lowest BCUT2D eigenvalue weighted by atomic mass is 9.94. The second-order valence-corrected chi connectivity index (χ2v) is 7.72. The SMILES string of the molecule is O=C(/C=C/c1ccc(O)c(O)c1)O[C@@H]1[C@@H](O)[C@H](OC2CCCCC2O)O[C@H](CO)[C@H]1O. The summed E-state index contributed by atoms with van der Waals surface area (Å²) in [7, 11) is 0. The summed E-state index contributed by atoms with van der Waals surface area (Å²) in [5, 5.41) is 59.4. The number of carbonyl (C=O) groups is 1. The van der Waals surface area contributed by atoms with Crippen molar-refractivity contribution in [3.05, 3.63) is 29.8 Å². The molecule has 2 fully saturated rings. The molecule has 7 atom stereocenters. The van der Waals surface area contributed by atoms with Gasteiger partial charge in [-0.05, 0) is 36.6 Å². The number of ether oxygens (including phenoxy) is 3. The van der Waals surface area contributed by atoms with E-state index in [9.17, 15) is 35.4 Å². The van der Waals surface area contributed by atoms with E-state index in [0.717, 1.165) is 18.9 Å². The van der Waals surface area contributed by atoms with Gasteiger partial charge in [0.2, 0.25) is 0 Å². The first-order valence-electron chi connectivity index (χ1n) is 10.2. The first-order valence-corrected chi connectivity index (χ1v) is 10.2. The van der Waals surface area contributed by atoms with Crippen LogP contribution < -0.4 is 0 Å². The number of aliphatic hydroxyl groups excluding tert-OH is 4. The normalized spacial score (nSPS) is 34.0. The fraction of sp³-hybridized carbons (Fsp3) is 0.571. The molecule has 0 radical (unpaired) electrons. The van der Waals surface area contributed by atoms with E-state index in [1.165, 1.54) is 24.3 Å². The standard InChI is InChI=1S/C21H28O10/c22-10-16-18(27)20(19(28)21(30-16)29-15-4-2-1-3-13(15)24)31-17(26)8-6-11-5-7-12(23)14(25)9-11/h5-9,13,15-16,18-25,27-28H,1-4,10H2/b8-6+/t13?,15?,16-,18-,19-,20+,21-/m1/s1. The number of aliphatic hydroxyl groups is 4. The van der Waals surface area contributed by atoms with Crippen LogP contribution in [0.4, 0.5) is 0 Å². The predicted molar refractivity (Wildman–Crippen MR) is 106 cm³/mol. The Bertz CT molecular complexity index is 781. The Kier molecular flexibility index (Phi) is 7.87. The van der Waals surface area contributed by atoms with Gasteiger partial charge in [0.15, 0.2) is 23.9 Å². The molecule has 3 rings (SSSR count). The van der Waals surface area contributed by atoms with Crippen molar-refractivity contribution in [3.63, 3.8) is 0 Å². The molecule has 6 N–H and O–H groups in total. The zero-order valence-corrected chi connectivity index (χ0v) is 16.8. The first-order chi connectivity index (χ1) is 14.8. The summed E-state index contributed by atoms with van der Waals surface area (Å²) in [6.45, 7) is -0.600. The number of carbonyl (C=O) groups excluding carboxylic acids is 1. The molecule has 0 bridgehead atoms. The zero-order chi connectivity index (χ0) is 22.5. The molecule has 2 unspecified atom stereocenters. The van der Waals surface area contributed by atoms with Crippen molar-refractivity contribution in [2.24, 2.45) is 0 Å². The number of esters is 1. The van der Waals surface area contributed by atoms with Crippen molar-refractivity contribution in [2.75, 3.05) is 6.61 Å². The van der Waals surface area contributed by atoms with Crippen LogP contribution in [0.15, 0.2) is 24.3 Å². The molecular weight excluding hydrogens is 412 g/mol. The van der Waals surface area contributed by atoms with E-state index in [0.29, 0.717) is 18.4 Å². The highest BCUT2D eigenvalue weighted by Crippen LogP contribution is 2.29. The van der Waals surface area contributed by atoms with Crippen LogP contribution in [0.3, 0.4) is 0 Å². The lowest BCUT2D eigenvalue weighted by Gasteiger charge is -2.43. The maximum atomic E-state index is 12.2. The molecule has 31 heavy (non-hydrogen) atoms. The molecule has 0 amide bonds. The summed E-state index contributed by atoms with van der Waals surface area (Å²) in [5.41, 5.74) is 0.404. The number of hydrogen-bond acceptors (Lipinski definition) is 10. The molecule has 2 aliphatic rings. The number of rotatable bonds is 6. The average Bonchev–Trinajstić information content (AvgIpc) is 2.75. The van der Waals surface area contributed by atoms with Gasteiger partial charge in [-0.1, -0.05) is 18.9 Å². The van der Waals surface area contributed by atoms with Gasteiger partial charge >= 0.3 is 5.97 Å². The summed E-state index contributed by atoms with van der Waals surface area (Å²) in [6, 6.07) is 3.94. The Morgan fingerprint density at radius 3 is 2.52 bits per heavy atom. The van der Waals surface area contributed by atoms with Gasteiger partial charge in [-0.2, -0.15) is 0 Å². The molecule has 1 saturated heterocycles. The maximum Gasteiger partial charge on any atom is 0.331 e. The third-order valence-electron chi connectivity index (χ3n) is 5.46. The zero-order valence-electron chi connectivity index (χ0n) is 16.8. The third kappa shape index (κ3) is 5.73. The molecule has 0 spiro atoms. The van der Waals surface area contributed by atoms with Gasteiger partial charge in [0.25, 0.3) is 0 Å². The summed E-state index contributed by atoms with van der Waals surface area (Å²) in [4.78, 5) is 12.2. The van der Waals surface area contributed by atoms with Crippen LogP contribution in [0.1, 0.15) is 31.2 Å². The topological polar surface area (TPSA) is 166 Å². The van der Waals surface area contributed by atoms with E-state index < -0.39 is 55.5 Å². The van der Waals surface area contributed by atoms with Gasteiger partial charge < -0.3 is 44.8 Å². The third-order valence-corrected chi connectivity index (χ3v) is 5.46.